The van der Waals surface area contributed by atoms with E-state index in [-0.39, 0.29) is 0 Å². The summed E-state index contributed by atoms with van der Waals surface area (Å²) < 4.78 is 22.4. The van der Waals surface area contributed by atoms with Crippen LogP contribution in [0.4, 0.5) is 0 Å². The van der Waals surface area contributed by atoms with Crippen molar-refractivity contribution in [1.82, 2.24) is 9.80 Å². The minimum Gasteiger partial charge on any atom is -0.507 e. The van der Waals surface area contributed by atoms with E-state index in [4.69, 9.17) is 18.9 Å². The molecule has 182 valence electrons. The van der Waals surface area contributed by atoms with Crippen LogP contribution < -0.4 is 18.9 Å². The van der Waals surface area contributed by atoms with Crippen LogP contribution in [-0.4, -0.2) is 75.6 Å². The average molecular weight is 459 g/mol. The van der Waals surface area contributed by atoms with Gasteiger partial charge in [-0.15, -0.1) is 0 Å². The molecule has 0 atom stereocenters. The van der Waals surface area contributed by atoms with Crippen LogP contribution in [0.2, 0.25) is 0 Å². The van der Waals surface area contributed by atoms with Gasteiger partial charge < -0.3 is 29.0 Å². The van der Waals surface area contributed by atoms with Gasteiger partial charge in [-0.3, -0.25) is 4.90 Å². The van der Waals surface area contributed by atoms with Gasteiger partial charge in [-0.05, 0) is 67.6 Å². The Bertz CT molecular complexity index is 914. The van der Waals surface area contributed by atoms with Crippen molar-refractivity contribution in [1.29, 1.82) is 0 Å². The Morgan fingerprint density at radius 3 is 1.97 bits per heavy atom. The van der Waals surface area contributed by atoms with Crippen LogP contribution in [0.3, 0.4) is 0 Å². The van der Waals surface area contributed by atoms with Gasteiger partial charge in [-0.25, -0.2) is 0 Å². The Morgan fingerprint density at radius 1 is 0.788 bits per heavy atom. The zero-order valence-corrected chi connectivity index (χ0v) is 20.9. The molecule has 7 nitrogen and oxygen atoms in total. The monoisotopic (exact) mass is 458 g/mol. The fraction of sp³-hybridized carbons (Fsp3) is 0.538. The van der Waals surface area contributed by atoms with Crippen molar-refractivity contribution >= 4 is 0 Å². The summed E-state index contributed by atoms with van der Waals surface area (Å²) in [5.41, 5.74) is 3.92. The van der Waals surface area contributed by atoms with Crippen molar-refractivity contribution in [3.05, 3.63) is 40.5 Å². The second-order valence-electron chi connectivity index (χ2n) is 8.64. The highest BCUT2D eigenvalue weighted by Gasteiger charge is 2.19. The summed E-state index contributed by atoms with van der Waals surface area (Å²) in [6, 6.07) is 5.99. The standard InChI is InChI=1S/C26H38N2O5/c1-18-14-22(19(2)20(3)25(18)29)33-13-7-8-27-9-11-28(12-10-27)17-21-15-23(30-4)26(32-6)24(16-21)31-5/h14-16,29H,7-13,17H2,1-6H3. The third-order valence-electron chi connectivity index (χ3n) is 6.48. The number of piperazine rings is 1. The molecular weight excluding hydrogens is 420 g/mol. The van der Waals surface area contributed by atoms with E-state index in [0.29, 0.717) is 29.6 Å². The lowest BCUT2D eigenvalue weighted by molar-refractivity contribution is 0.121. The molecule has 1 heterocycles. The second-order valence-corrected chi connectivity index (χ2v) is 8.64. The van der Waals surface area contributed by atoms with E-state index < -0.39 is 0 Å². The summed E-state index contributed by atoms with van der Waals surface area (Å²) in [5.74, 6) is 3.25. The number of hydrogen-bond acceptors (Lipinski definition) is 7. The van der Waals surface area contributed by atoms with Crippen LogP contribution in [0, 0.1) is 20.8 Å². The van der Waals surface area contributed by atoms with Gasteiger partial charge in [0.05, 0.1) is 27.9 Å². The van der Waals surface area contributed by atoms with Crippen LogP contribution in [0.1, 0.15) is 28.7 Å². The topological polar surface area (TPSA) is 63.6 Å². The number of methoxy groups -OCH3 is 3. The third kappa shape index (κ3) is 6.03. The van der Waals surface area contributed by atoms with Crippen LogP contribution in [0.15, 0.2) is 18.2 Å². The van der Waals surface area contributed by atoms with Gasteiger partial charge in [-0.1, -0.05) is 0 Å². The van der Waals surface area contributed by atoms with E-state index in [1.807, 2.05) is 39.0 Å². The third-order valence-corrected chi connectivity index (χ3v) is 6.48. The molecule has 0 bridgehead atoms. The molecule has 1 aliphatic rings. The lowest BCUT2D eigenvalue weighted by atomic mass is 10.0. The van der Waals surface area contributed by atoms with Gasteiger partial charge in [0.2, 0.25) is 5.75 Å². The Morgan fingerprint density at radius 2 is 1.39 bits per heavy atom. The molecule has 1 aliphatic heterocycles. The van der Waals surface area contributed by atoms with Crippen molar-refractivity contribution in [3.63, 3.8) is 0 Å². The Balaban J connectivity index is 1.45. The molecule has 0 spiro atoms. The first kappa shape index (κ1) is 25.0. The maximum absolute atomic E-state index is 10.1. The number of hydrogen-bond donors (Lipinski definition) is 1. The summed E-state index contributed by atoms with van der Waals surface area (Å²) >= 11 is 0. The smallest absolute Gasteiger partial charge is 0.203 e. The molecule has 2 aromatic rings. The second kappa shape index (κ2) is 11.5. The molecule has 1 saturated heterocycles. The largest absolute Gasteiger partial charge is 0.507 e. The van der Waals surface area contributed by atoms with Gasteiger partial charge in [0.15, 0.2) is 11.5 Å². The van der Waals surface area contributed by atoms with Crippen molar-refractivity contribution < 1.29 is 24.1 Å². The van der Waals surface area contributed by atoms with Crippen molar-refractivity contribution in [3.8, 4) is 28.7 Å². The van der Waals surface area contributed by atoms with Crippen LogP contribution in [0.25, 0.3) is 0 Å². The van der Waals surface area contributed by atoms with Crippen molar-refractivity contribution in [2.45, 2.75) is 33.7 Å². The van der Waals surface area contributed by atoms with Crippen LogP contribution in [0.5, 0.6) is 28.7 Å². The van der Waals surface area contributed by atoms with Crippen molar-refractivity contribution in [2.24, 2.45) is 0 Å². The Kier molecular flexibility index (Phi) is 8.69. The number of benzene rings is 2. The number of phenolic OH excluding ortho intramolecular Hbond substituents is 1. The van der Waals surface area contributed by atoms with E-state index in [0.717, 1.165) is 73.7 Å². The molecule has 33 heavy (non-hydrogen) atoms. The van der Waals surface area contributed by atoms with E-state index in [2.05, 4.69) is 9.80 Å². The Hall–Kier alpha value is -2.64. The zero-order chi connectivity index (χ0) is 24.0. The first-order chi connectivity index (χ1) is 15.9. The fourth-order valence-electron chi connectivity index (χ4n) is 4.31. The zero-order valence-electron chi connectivity index (χ0n) is 20.9. The van der Waals surface area contributed by atoms with E-state index in [1.54, 1.807) is 21.3 Å². The molecule has 3 rings (SSSR count). The van der Waals surface area contributed by atoms with E-state index >= 15 is 0 Å². The van der Waals surface area contributed by atoms with Crippen molar-refractivity contribution in [2.75, 3.05) is 60.7 Å². The van der Waals surface area contributed by atoms with Gasteiger partial charge in [0.25, 0.3) is 0 Å². The normalized spacial score (nSPS) is 14.8. The molecule has 0 saturated carbocycles. The van der Waals surface area contributed by atoms with Crippen LogP contribution >= 0.6 is 0 Å². The highest BCUT2D eigenvalue weighted by molar-refractivity contribution is 5.54. The van der Waals surface area contributed by atoms with Gasteiger partial charge in [-0.2, -0.15) is 0 Å². The molecule has 0 aromatic heterocycles. The van der Waals surface area contributed by atoms with E-state index in [9.17, 15) is 5.11 Å². The number of aryl methyl sites for hydroxylation is 1. The molecule has 2 aromatic carbocycles. The minimum atomic E-state index is 0.365. The number of phenols is 1. The molecule has 1 N–H and O–H groups in total. The molecule has 0 aliphatic carbocycles. The predicted octanol–water partition coefficient (Wildman–Crippen LogP) is 3.93. The highest BCUT2D eigenvalue weighted by Crippen LogP contribution is 2.38. The summed E-state index contributed by atoms with van der Waals surface area (Å²) in [5, 5.41) is 10.1. The number of nitrogens with zero attached hydrogens (tertiary/aromatic N) is 2. The predicted molar refractivity (Wildman–Crippen MR) is 130 cm³/mol. The first-order valence-electron chi connectivity index (χ1n) is 11.5. The molecule has 7 heteroatoms. The quantitative estimate of drug-likeness (QED) is 0.541. The molecule has 1 fully saturated rings. The number of rotatable bonds is 10. The Labute approximate surface area is 197 Å². The van der Waals surface area contributed by atoms with Gasteiger partial charge in [0, 0.05) is 39.3 Å². The fourth-order valence-corrected chi connectivity index (χ4v) is 4.31. The van der Waals surface area contributed by atoms with E-state index in [1.165, 1.54) is 0 Å². The highest BCUT2D eigenvalue weighted by atomic mass is 16.5. The number of aromatic hydroxyl groups is 1. The molecular formula is C26H38N2O5. The summed E-state index contributed by atoms with van der Waals surface area (Å²) in [4.78, 5) is 4.95. The van der Waals surface area contributed by atoms with Gasteiger partial charge in [0.1, 0.15) is 11.5 Å². The van der Waals surface area contributed by atoms with Gasteiger partial charge >= 0.3 is 0 Å². The maximum Gasteiger partial charge on any atom is 0.203 e. The average Bonchev–Trinajstić information content (AvgIpc) is 2.83. The summed E-state index contributed by atoms with van der Waals surface area (Å²) in [6.45, 7) is 12.5. The summed E-state index contributed by atoms with van der Waals surface area (Å²) in [7, 11) is 4.92. The van der Waals surface area contributed by atoms with Crippen LogP contribution in [-0.2, 0) is 6.54 Å². The minimum absolute atomic E-state index is 0.365. The molecule has 0 radical (unpaired) electrons. The SMILES string of the molecule is COc1cc(CN2CCN(CCCOc3cc(C)c(O)c(C)c3C)CC2)cc(OC)c1OC. The molecule has 0 amide bonds. The first-order valence-corrected chi connectivity index (χ1v) is 11.5. The maximum atomic E-state index is 10.1. The lowest BCUT2D eigenvalue weighted by Crippen LogP contribution is -2.46. The molecule has 0 unspecified atom stereocenters. The number of ether oxygens (including phenoxy) is 4. The lowest BCUT2D eigenvalue weighted by Gasteiger charge is -2.34. The summed E-state index contributed by atoms with van der Waals surface area (Å²) in [6.07, 6.45) is 0.977.